The van der Waals surface area contributed by atoms with E-state index in [1.165, 1.54) is 0 Å². The number of hydrogen-bond acceptors (Lipinski definition) is 3. The summed E-state index contributed by atoms with van der Waals surface area (Å²) in [5.41, 5.74) is 5.77. The van der Waals surface area contributed by atoms with Crippen LogP contribution in [-0.4, -0.2) is 44.3 Å². The molecule has 10 heavy (non-hydrogen) atoms. The van der Waals surface area contributed by atoms with Crippen molar-refractivity contribution in [2.75, 3.05) is 33.9 Å². The molecule has 0 radical (unpaired) electrons. The molecule has 1 aliphatic heterocycles. The summed E-state index contributed by atoms with van der Waals surface area (Å²) in [5.74, 6) is 0. The number of rotatable bonds is 2. The van der Waals surface area contributed by atoms with Crippen LogP contribution in [-0.2, 0) is 4.74 Å². The first-order chi connectivity index (χ1) is 4.71. The Balaban J connectivity index is 2.58. The summed E-state index contributed by atoms with van der Waals surface area (Å²) in [6.45, 7) is 2.34. The molecule has 1 rings (SSSR count). The number of ether oxygens (including phenoxy) is 1. The van der Waals surface area contributed by atoms with Crippen LogP contribution in [0.5, 0.6) is 0 Å². The SMILES string of the molecule is CN(C)C1(CN)CCOC1. The number of nitrogens with zero attached hydrogens (tertiary/aromatic N) is 1. The predicted octanol–water partition coefficient (Wildman–Crippen LogP) is -0.334. The second-order valence-electron chi connectivity index (χ2n) is 3.13. The molecule has 1 atom stereocenters. The Bertz CT molecular complexity index is 108. The zero-order valence-corrected chi connectivity index (χ0v) is 6.76. The number of likely N-dealkylation sites (N-methyl/N-ethyl adjacent to an activating group) is 1. The van der Waals surface area contributed by atoms with E-state index in [0.717, 1.165) is 19.6 Å². The number of nitrogens with two attached hydrogens (primary N) is 1. The highest BCUT2D eigenvalue weighted by Crippen LogP contribution is 2.21. The maximum atomic E-state index is 5.65. The highest BCUT2D eigenvalue weighted by molar-refractivity contribution is 4.92. The first-order valence-electron chi connectivity index (χ1n) is 3.66. The molecule has 0 aromatic carbocycles. The zero-order chi connectivity index (χ0) is 7.61. The normalized spacial score (nSPS) is 33.6. The van der Waals surface area contributed by atoms with E-state index >= 15 is 0 Å². The smallest absolute Gasteiger partial charge is 0.0663 e. The highest BCUT2D eigenvalue weighted by Gasteiger charge is 2.35. The molecule has 0 aromatic rings. The first kappa shape index (κ1) is 7.98. The molecule has 1 saturated heterocycles. The molecular weight excluding hydrogens is 128 g/mol. The second-order valence-corrected chi connectivity index (χ2v) is 3.13. The van der Waals surface area contributed by atoms with Gasteiger partial charge in [-0.2, -0.15) is 0 Å². The summed E-state index contributed by atoms with van der Waals surface area (Å²) < 4.78 is 5.29. The lowest BCUT2D eigenvalue weighted by atomic mass is 9.98. The van der Waals surface area contributed by atoms with Crippen molar-refractivity contribution in [3.05, 3.63) is 0 Å². The third kappa shape index (κ3) is 1.17. The Morgan fingerprint density at radius 1 is 1.60 bits per heavy atom. The van der Waals surface area contributed by atoms with Crippen molar-refractivity contribution in [1.82, 2.24) is 4.90 Å². The minimum atomic E-state index is 0.125. The van der Waals surface area contributed by atoms with Crippen LogP contribution in [0.1, 0.15) is 6.42 Å². The fourth-order valence-corrected chi connectivity index (χ4v) is 1.29. The fraction of sp³-hybridized carbons (Fsp3) is 1.00. The molecule has 1 unspecified atom stereocenters. The van der Waals surface area contributed by atoms with E-state index in [1.807, 2.05) is 0 Å². The van der Waals surface area contributed by atoms with Gasteiger partial charge in [0.05, 0.1) is 12.1 Å². The average Bonchev–Trinajstić information content (AvgIpc) is 2.35. The van der Waals surface area contributed by atoms with Crippen LogP contribution in [0, 0.1) is 0 Å². The van der Waals surface area contributed by atoms with E-state index in [1.54, 1.807) is 0 Å². The van der Waals surface area contributed by atoms with Gasteiger partial charge in [0.25, 0.3) is 0 Å². The summed E-state index contributed by atoms with van der Waals surface area (Å²) >= 11 is 0. The largest absolute Gasteiger partial charge is 0.379 e. The van der Waals surface area contributed by atoms with Crippen molar-refractivity contribution in [2.24, 2.45) is 5.73 Å². The van der Waals surface area contributed by atoms with Crippen molar-refractivity contribution < 1.29 is 4.74 Å². The topological polar surface area (TPSA) is 38.5 Å². The Kier molecular flexibility index (Phi) is 2.28. The molecule has 0 amide bonds. The van der Waals surface area contributed by atoms with Crippen LogP contribution in [0.3, 0.4) is 0 Å². The summed E-state index contributed by atoms with van der Waals surface area (Å²) in [6, 6.07) is 0. The third-order valence-corrected chi connectivity index (χ3v) is 2.41. The monoisotopic (exact) mass is 144 g/mol. The molecule has 60 valence electrons. The molecule has 1 aliphatic rings. The van der Waals surface area contributed by atoms with E-state index < -0.39 is 0 Å². The van der Waals surface area contributed by atoms with Crippen molar-refractivity contribution in [3.63, 3.8) is 0 Å². The summed E-state index contributed by atoms with van der Waals surface area (Å²) in [4.78, 5) is 2.17. The van der Waals surface area contributed by atoms with Gasteiger partial charge in [0.15, 0.2) is 0 Å². The van der Waals surface area contributed by atoms with Crippen LogP contribution in [0.15, 0.2) is 0 Å². The summed E-state index contributed by atoms with van der Waals surface area (Å²) in [6.07, 6.45) is 1.07. The Morgan fingerprint density at radius 3 is 2.50 bits per heavy atom. The third-order valence-electron chi connectivity index (χ3n) is 2.41. The van der Waals surface area contributed by atoms with E-state index in [4.69, 9.17) is 10.5 Å². The maximum Gasteiger partial charge on any atom is 0.0663 e. The van der Waals surface area contributed by atoms with Gasteiger partial charge in [0.1, 0.15) is 0 Å². The van der Waals surface area contributed by atoms with Crippen molar-refractivity contribution in [3.8, 4) is 0 Å². The molecule has 0 aromatic heterocycles. The molecule has 0 bridgehead atoms. The minimum absolute atomic E-state index is 0.125. The standard InChI is InChI=1S/C7H16N2O/c1-9(2)7(5-8)3-4-10-6-7/h3-6,8H2,1-2H3. The molecule has 1 fully saturated rings. The van der Waals surface area contributed by atoms with Crippen LogP contribution in [0.25, 0.3) is 0 Å². The fourth-order valence-electron chi connectivity index (χ4n) is 1.29. The molecular formula is C7H16N2O. The van der Waals surface area contributed by atoms with Crippen LogP contribution in [0.4, 0.5) is 0 Å². The summed E-state index contributed by atoms with van der Waals surface area (Å²) in [5, 5.41) is 0. The molecule has 0 saturated carbocycles. The van der Waals surface area contributed by atoms with Gasteiger partial charge in [0.2, 0.25) is 0 Å². The van der Waals surface area contributed by atoms with Gasteiger partial charge in [-0.1, -0.05) is 0 Å². The van der Waals surface area contributed by atoms with Crippen LogP contribution >= 0.6 is 0 Å². The molecule has 0 spiro atoms. The van der Waals surface area contributed by atoms with Gasteiger partial charge in [-0.05, 0) is 20.5 Å². The molecule has 3 heteroatoms. The van der Waals surface area contributed by atoms with Gasteiger partial charge in [-0.3, -0.25) is 0 Å². The van der Waals surface area contributed by atoms with Gasteiger partial charge in [0, 0.05) is 13.2 Å². The minimum Gasteiger partial charge on any atom is -0.379 e. The average molecular weight is 144 g/mol. The molecule has 2 N–H and O–H groups in total. The zero-order valence-electron chi connectivity index (χ0n) is 6.76. The van der Waals surface area contributed by atoms with E-state index in [9.17, 15) is 0 Å². The van der Waals surface area contributed by atoms with Crippen molar-refractivity contribution in [1.29, 1.82) is 0 Å². The maximum absolute atomic E-state index is 5.65. The molecule has 3 nitrogen and oxygen atoms in total. The number of hydrogen-bond donors (Lipinski definition) is 1. The second kappa shape index (κ2) is 2.86. The first-order valence-corrected chi connectivity index (χ1v) is 3.66. The van der Waals surface area contributed by atoms with E-state index in [0.29, 0.717) is 6.54 Å². The van der Waals surface area contributed by atoms with Crippen molar-refractivity contribution >= 4 is 0 Å². The van der Waals surface area contributed by atoms with Crippen molar-refractivity contribution in [2.45, 2.75) is 12.0 Å². The lowest BCUT2D eigenvalue weighted by Gasteiger charge is -2.33. The van der Waals surface area contributed by atoms with Crippen LogP contribution in [0.2, 0.25) is 0 Å². The van der Waals surface area contributed by atoms with Gasteiger partial charge in [-0.25, -0.2) is 0 Å². The summed E-state index contributed by atoms with van der Waals surface area (Å²) in [7, 11) is 4.11. The van der Waals surface area contributed by atoms with Gasteiger partial charge >= 0.3 is 0 Å². The van der Waals surface area contributed by atoms with E-state index in [-0.39, 0.29) is 5.54 Å². The van der Waals surface area contributed by atoms with E-state index in [2.05, 4.69) is 19.0 Å². The lowest BCUT2D eigenvalue weighted by Crippen LogP contribution is -2.50. The van der Waals surface area contributed by atoms with Gasteiger partial charge in [-0.15, -0.1) is 0 Å². The quantitative estimate of drug-likeness (QED) is 0.576. The predicted molar refractivity (Wildman–Crippen MR) is 40.9 cm³/mol. The van der Waals surface area contributed by atoms with Crippen LogP contribution < -0.4 is 5.73 Å². The Labute approximate surface area is 62.1 Å². The highest BCUT2D eigenvalue weighted by atomic mass is 16.5. The Morgan fingerprint density at radius 2 is 2.30 bits per heavy atom. The lowest BCUT2D eigenvalue weighted by molar-refractivity contribution is 0.113. The molecule has 1 heterocycles. The van der Waals surface area contributed by atoms with Gasteiger partial charge < -0.3 is 15.4 Å². The Hall–Kier alpha value is -0.120. The molecule has 0 aliphatic carbocycles.